The van der Waals surface area contributed by atoms with Gasteiger partial charge in [-0.3, -0.25) is 51.6 Å². The highest BCUT2D eigenvalue weighted by atomic mass is 32.3. The zero-order valence-corrected chi connectivity index (χ0v) is 27.5. The Balaban J connectivity index is 0.000000560. The van der Waals surface area contributed by atoms with Crippen molar-refractivity contribution in [3.63, 3.8) is 0 Å². The van der Waals surface area contributed by atoms with Gasteiger partial charge in [-0.1, -0.05) is 51.4 Å². The van der Waals surface area contributed by atoms with Gasteiger partial charge in [0.05, 0.1) is 49.3 Å². The molecule has 10 N–H and O–H groups in total. The van der Waals surface area contributed by atoms with Gasteiger partial charge in [-0.25, -0.2) is 0 Å². The summed E-state index contributed by atoms with van der Waals surface area (Å²) in [6, 6.07) is 0. The zero-order chi connectivity index (χ0) is 30.7. The fourth-order valence-electron chi connectivity index (χ4n) is 12.0. The van der Waals surface area contributed by atoms with Crippen LogP contribution in [0.25, 0.3) is 0 Å². The van der Waals surface area contributed by atoms with Crippen LogP contribution >= 0.6 is 0 Å². The van der Waals surface area contributed by atoms with Crippen LogP contribution in [-0.2, 0) is 10.4 Å². The van der Waals surface area contributed by atoms with E-state index in [1.165, 1.54) is 103 Å². The molecule has 4 saturated carbocycles. The molecule has 4 aliphatic carbocycles. The number of nitrogens with one attached hydrogen (secondary N) is 8. The molecule has 0 aromatic carbocycles. The topological polar surface area (TPSA) is 171 Å². The van der Waals surface area contributed by atoms with Crippen LogP contribution in [0.15, 0.2) is 0 Å². The highest BCUT2D eigenvalue weighted by Crippen LogP contribution is 2.45. The number of hydrogen-bond donors (Lipinski definition) is 10. The molecule has 5 aliphatic heterocycles. The van der Waals surface area contributed by atoms with Crippen LogP contribution in [0.1, 0.15) is 103 Å². The van der Waals surface area contributed by atoms with Crippen molar-refractivity contribution in [2.75, 3.05) is 0 Å². The Morgan fingerprint density at radius 3 is 0.533 bits per heavy atom. The Morgan fingerprint density at radius 1 is 0.311 bits per heavy atom. The summed E-state index contributed by atoms with van der Waals surface area (Å²) >= 11 is 0. The van der Waals surface area contributed by atoms with Gasteiger partial charge in [-0.2, -0.15) is 8.42 Å². The summed E-state index contributed by atoms with van der Waals surface area (Å²) in [7, 11) is -4.67. The Hall–Kier alpha value is -0.450. The maximum atomic E-state index is 8.74. The van der Waals surface area contributed by atoms with E-state index in [2.05, 4.69) is 42.5 Å². The minimum Gasteiger partial charge on any atom is -0.286 e. The van der Waals surface area contributed by atoms with Gasteiger partial charge in [-0.05, 0) is 98.7 Å². The molecule has 8 atom stereocenters. The van der Waals surface area contributed by atoms with Crippen LogP contribution in [0.5, 0.6) is 0 Å². The first kappa shape index (κ1) is 31.8. The van der Waals surface area contributed by atoms with Gasteiger partial charge < -0.3 is 0 Å². The van der Waals surface area contributed by atoms with Crippen molar-refractivity contribution >= 4 is 10.4 Å². The summed E-state index contributed by atoms with van der Waals surface area (Å²) in [6.45, 7) is 0. The van der Waals surface area contributed by atoms with Crippen molar-refractivity contribution in [1.29, 1.82) is 0 Å². The van der Waals surface area contributed by atoms with E-state index >= 15 is 0 Å². The molecular formula is C32H58N8O4S. The second-order valence-corrected chi connectivity index (χ2v) is 16.9. The van der Waals surface area contributed by atoms with E-state index in [1.807, 2.05) is 0 Å². The third kappa shape index (κ3) is 6.50. The van der Waals surface area contributed by atoms with Crippen molar-refractivity contribution in [3.8, 4) is 0 Å². The fourth-order valence-corrected chi connectivity index (χ4v) is 12.0. The van der Waals surface area contributed by atoms with Crippen molar-refractivity contribution < 1.29 is 17.5 Å². The summed E-state index contributed by atoms with van der Waals surface area (Å²) in [5.74, 6) is 5.97. The zero-order valence-electron chi connectivity index (χ0n) is 26.7. The number of rotatable bonds is 0. The molecule has 12 nitrogen and oxygen atoms in total. The quantitative estimate of drug-likeness (QED) is 0.173. The normalized spacial score (nSPS) is 52.5. The Bertz CT molecular complexity index is 934. The fraction of sp³-hybridized carbons (Fsp3) is 1.00. The number of fused-ring (bicyclic) bond motifs is 20. The lowest BCUT2D eigenvalue weighted by Crippen LogP contribution is -2.61. The maximum Gasteiger partial charge on any atom is 0.394 e. The lowest BCUT2D eigenvalue weighted by molar-refractivity contribution is 0.167. The van der Waals surface area contributed by atoms with Crippen LogP contribution in [0.3, 0.4) is 0 Å². The van der Waals surface area contributed by atoms with Crippen LogP contribution in [0, 0.1) is 47.3 Å². The van der Waals surface area contributed by atoms with E-state index in [9.17, 15) is 0 Å². The second kappa shape index (κ2) is 13.1. The second-order valence-electron chi connectivity index (χ2n) is 16.1. The molecular weight excluding hydrogens is 592 g/mol. The number of hydrogen-bond acceptors (Lipinski definition) is 10. The summed E-state index contributed by atoms with van der Waals surface area (Å²) in [5, 5.41) is 33.8. The Kier molecular flexibility index (Phi) is 9.26. The van der Waals surface area contributed by atoms with E-state index in [0.29, 0.717) is 49.3 Å². The van der Waals surface area contributed by atoms with Crippen molar-refractivity contribution in [1.82, 2.24) is 42.5 Å². The van der Waals surface area contributed by atoms with E-state index < -0.39 is 10.4 Å². The predicted octanol–water partition coefficient (Wildman–Crippen LogP) is 1.95. The van der Waals surface area contributed by atoms with Crippen LogP contribution in [-0.4, -0.2) is 66.8 Å². The summed E-state index contributed by atoms with van der Waals surface area (Å²) < 4.78 is 31.6. The van der Waals surface area contributed by atoms with Gasteiger partial charge in [-0.15, -0.1) is 0 Å². The van der Waals surface area contributed by atoms with Crippen LogP contribution < -0.4 is 42.5 Å². The van der Waals surface area contributed by atoms with E-state index in [1.54, 1.807) is 0 Å². The van der Waals surface area contributed by atoms with Crippen LogP contribution in [0.2, 0.25) is 0 Å². The summed E-state index contributed by atoms with van der Waals surface area (Å²) in [4.78, 5) is 0. The molecule has 45 heavy (non-hydrogen) atoms. The highest BCUT2D eigenvalue weighted by Gasteiger charge is 2.54. The molecule has 9 fully saturated rings. The minimum atomic E-state index is -4.67. The molecule has 5 heterocycles. The third-order valence-corrected chi connectivity index (χ3v) is 13.8. The molecule has 13 heteroatoms. The third-order valence-electron chi connectivity index (χ3n) is 13.8. The van der Waals surface area contributed by atoms with Crippen molar-refractivity contribution in [2.45, 2.75) is 152 Å². The summed E-state index contributed by atoms with van der Waals surface area (Å²) in [6.07, 6.45) is 25.6. The molecule has 0 spiro atoms. The maximum absolute atomic E-state index is 8.74. The van der Waals surface area contributed by atoms with Gasteiger partial charge in [0.15, 0.2) is 0 Å². The van der Waals surface area contributed by atoms with Gasteiger partial charge in [0.2, 0.25) is 0 Å². The first-order valence-corrected chi connectivity index (χ1v) is 20.0. The first-order chi connectivity index (χ1) is 21.8. The van der Waals surface area contributed by atoms with E-state index in [4.69, 9.17) is 17.5 Å². The lowest BCUT2D eigenvalue weighted by atomic mass is 9.76. The lowest BCUT2D eigenvalue weighted by Gasteiger charge is -2.35. The SMILES string of the molecule is C1CCC2C3NC(NC4NC(NC5NC(NC6NC(N3)C3CCCCC63)C3CCCCC53)C3CCCCC43)C2C1.O=S(=O)(O)O. The summed E-state index contributed by atoms with van der Waals surface area (Å²) in [5.41, 5.74) is 0. The molecule has 8 unspecified atom stereocenters. The van der Waals surface area contributed by atoms with Crippen LogP contribution in [0.4, 0.5) is 0 Å². The average molecular weight is 651 g/mol. The Morgan fingerprint density at radius 2 is 0.422 bits per heavy atom. The molecule has 9 aliphatic rings. The minimum absolute atomic E-state index is 0.420. The van der Waals surface area contributed by atoms with Gasteiger partial charge in [0, 0.05) is 0 Å². The standard InChI is InChI=1S/C32H56N8.H2O4S/c1-2-10-18-17(9-1)25-33-26(18)38-28-21-13-5-6-14-22(21)30(35-28)40-32-24-16-8-7-15-23(24)31(36-32)39-29-20-12-4-3-11-19(20)27(34-29)37-25;1-5(2,3)4/h17-40H,1-16H2;(H2,1,2,3,4). The molecule has 9 rings (SSSR count). The predicted molar refractivity (Wildman–Crippen MR) is 171 cm³/mol. The van der Waals surface area contributed by atoms with Gasteiger partial charge in [0.1, 0.15) is 0 Å². The average Bonchev–Trinajstić information content (AvgIpc) is 3.76. The first-order valence-electron chi connectivity index (χ1n) is 18.6. The molecule has 0 aromatic heterocycles. The molecule has 5 saturated heterocycles. The van der Waals surface area contributed by atoms with Gasteiger partial charge >= 0.3 is 10.4 Å². The highest BCUT2D eigenvalue weighted by molar-refractivity contribution is 7.79. The monoisotopic (exact) mass is 650 g/mol. The molecule has 8 bridgehead atoms. The molecule has 256 valence electrons. The Labute approximate surface area is 269 Å². The smallest absolute Gasteiger partial charge is 0.286 e. The largest absolute Gasteiger partial charge is 0.394 e. The van der Waals surface area contributed by atoms with Crippen molar-refractivity contribution in [2.24, 2.45) is 47.3 Å². The molecule has 0 amide bonds. The van der Waals surface area contributed by atoms with Crippen molar-refractivity contribution in [3.05, 3.63) is 0 Å². The van der Waals surface area contributed by atoms with E-state index in [-0.39, 0.29) is 0 Å². The molecule has 0 aromatic rings. The molecule has 0 radical (unpaired) electrons. The van der Waals surface area contributed by atoms with E-state index in [0.717, 1.165) is 47.3 Å². The van der Waals surface area contributed by atoms with Gasteiger partial charge in [0.25, 0.3) is 0 Å².